The van der Waals surface area contributed by atoms with Crippen molar-refractivity contribution in [3.63, 3.8) is 0 Å². The average molecular weight is 259 g/mol. The van der Waals surface area contributed by atoms with Crippen molar-refractivity contribution in [3.05, 3.63) is 0 Å². The van der Waals surface area contributed by atoms with Crippen LogP contribution in [0.5, 0.6) is 0 Å². The van der Waals surface area contributed by atoms with Gasteiger partial charge >= 0.3 is 18.0 Å². The summed E-state index contributed by atoms with van der Waals surface area (Å²) in [6, 6.07) is -0.773. The molecule has 0 bridgehead atoms. The predicted octanol–water partition coefficient (Wildman–Crippen LogP) is 0.383. The minimum Gasteiger partial charge on any atom is -0.481 e. The van der Waals surface area contributed by atoms with Crippen LogP contribution >= 0.6 is 0 Å². The van der Waals surface area contributed by atoms with Gasteiger partial charge in [-0.3, -0.25) is 9.59 Å². The minimum atomic E-state index is -1.15. The van der Waals surface area contributed by atoms with Crippen molar-refractivity contribution in [1.29, 1.82) is 0 Å². The molecule has 1 saturated carbocycles. The van der Waals surface area contributed by atoms with E-state index >= 15 is 0 Å². The Morgan fingerprint density at radius 2 is 1.72 bits per heavy atom. The van der Waals surface area contributed by atoms with Crippen molar-refractivity contribution in [2.24, 2.45) is 11.8 Å². The van der Waals surface area contributed by atoms with Gasteiger partial charge in [-0.1, -0.05) is 0 Å². The molecule has 0 radical (unpaired) electrons. The SMILES string of the molecule is COC(=O)[C@H]1[C@@H](NC(=O)OC(C)(C)C)[C@@H]1C(=O)O. The summed E-state index contributed by atoms with van der Waals surface area (Å²) in [7, 11) is 1.17. The maximum Gasteiger partial charge on any atom is 0.407 e. The lowest BCUT2D eigenvalue weighted by Crippen LogP contribution is -2.35. The van der Waals surface area contributed by atoms with Gasteiger partial charge in [0, 0.05) is 0 Å². The number of esters is 1. The van der Waals surface area contributed by atoms with E-state index in [0.717, 1.165) is 0 Å². The molecule has 2 N–H and O–H groups in total. The summed E-state index contributed by atoms with van der Waals surface area (Å²) in [4.78, 5) is 33.6. The molecular weight excluding hydrogens is 242 g/mol. The normalized spacial score (nSPS) is 26.1. The molecule has 0 heterocycles. The number of ether oxygens (including phenoxy) is 2. The van der Waals surface area contributed by atoms with E-state index in [1.807, 2.05) is 0 Å². The Morgan fingerprint density at radius 1 is 1.17 bits per heavy atom. The molecule has 1 aliphatic rings. The van der Waals surface area contributed by atoms with Gasteiger partial charge in [-0.15, -0.1) is 0 Å². The number of carboxylic acids is 1. The van der Waals surface area contributed by atoms with Crippen LogP contribution in [0.3, 0.4) is 0 Å². The van der Waals surface area contributed by atoms with Gasteiger partial charge in [-0.05, 0) is 20.8 Å². The molecule has 0 aromatic rings. The molecular formula is C11H17NO6. The van der Waals surface area contributed by atoms with E-state index < -0.39 is 41.5 Å². The number of carbonyl (C=O) groups excluding carboxylic acids is 2. The van der Waals surface area contributed by atoms with Gasteiger partial charge in [0.15, 0.2) is 0 Å². The fraction of sp³-hybridized carbons (Fsp3) is 0.727. The number of amides is 1. The molecule has 102 valence electrons. The van der Waals surface area contributed by atoms with Crippen LogP contribution in [0, 0.1) is 11.8 Å². The molecule has 0 unspecified atom stereocenters. The molecule has 0 saturated heterocycles. The number of nitrogens with one attached hydrogen (secondary N) is 1. The van der Waals surface area contributed by atoms with Crippen LogP contribution in [-0.4, -0.2) is 41.9 Å². The molecule has 7 heteroatoms. The first-order valence-corrected chi connectivity index (χ1v) is 5.47. The Kier molecular flexibility index (Phi) is 3.83. The second kappa shape index (κ2) is 4.83. The summed E-state index contributed by atoms with van der Waals surface area (Å²) in [5.74, 6) is -3.60. The molecule has 1 amide bonds. The van der Waals surface area contributed by atoms with E-state index in [4.69, 9.17) is 9.84 Å². The van der Waals surface area contributed by atoms with Gasteiger partial charge in [0.1, 0.15) is 5.60 Å². The maximum absolute atomic E-state index is 11.5. The van der Waals surface area contributed by atoms with E-state index in [1.54, 1.807) is 20.8 Å². The van der Waals surface area contributed by atoms with Crippen LogP contribution in [-0.2, 0) is 19.1 Å². The van der Waals surface area contributed by atoms with Crippen LogP contribution in [0.2, 0.25) is 0 Å². The molecule has 1 fully saturated rings. The molecule has 0 aromatic heterocycles. The minimum absolute atomic E-state index is 0.650. The Bertz CT molecular complexity index is 372. The van der Waals surface area contributed by atoms with Crippen molar-refractivity contribution in [2.75, 3.05) is 7.11 Å². The van der Waals surface area contributed by atoms with Gasteiger partial charge < -0.3 is 19.9 Å². The number of carbonyl (C=O) groups is 3. The second-order valence-corrected chi connectivity index (χ2v) is 5.08. The predicted molar refractivity (Wildman–Crippen MR) is 59.8 cm³/mol. The van der Waals surface area contributed by atoms with E-state index in [2.05, 4.69) is 10.1 Å². The Labute approximate surface area is 104 Å². The average Bonchev–Trinajstić information content (AvgIpc) is 2.87. The summed E-state index contributed by atoms with van der Waals surface area (Å²) in [5, 5.41) is 11.2. The lowest BCUT2D eigenvalue weighted by molar-refractivity contribution is -0.146. The van der Waals surface area contributed by atoms with Crippen LogP contribution < -0.4 is 5.32 Å². The van der Waals surface area contributed by atoms with Gasteiger partial charge in [-0.25, -0.2) is 4.79 Å². The van der Waals surface area contributed by atoms with Crippen molar-refractivity contribution >= 4 is 18.0 Å². The fourth-order valence-electron chi connectivity index (χ4n) is 1.67. The van der Waals surface area contributed by atoms with Crippen molar-refractivity contribution < 1.29 is 29.0 Å². The first-order valence-electron chi connectivity index (χ1n) is 5.47. The van der Waals surface area contributed by atoms with Gasteiger partial charge in [0.25, 0.3) is 0 Å². The molecule has 7 nitrogen and oxygen atoms in total. The maximum atomic E-state index is 11.5. The number of carboxylic acid groups (broad SMARTS) is 1. The van der Waals surface area contributed by atoms with Crippen LogP contribution in [0.4, 0.5) is 4.79 Å². The number of methoxy groups -OCH3 is 1. The number of rotatable bonds is 3. The Balaban J connectivity index is 2.59. The molecule has 0 aliphatic heterocycles. The zero-order valence-corrected chi connectivity index (χ0v) is 10.7. The standard InChI is InChI=1S/C11H17NO6/c1-11(2,3)18-10(16)12-7-5(8(13)14)6(7)9(15)17-4/h5-7H,1-4H3,(H,12,16)(H,13,14)/t5-,6-,7+/m1/s1. The van der Waals surface area contributed by atoms with Crippen molar-refractivity contribution in [2.45, 2.75) is 32.4 Å². The summed E-state index contributed by atoms with van der Waals surface area (Å²) in [6.45, 7) is 5.06. The number of aliphatic carboxylic acids is 1. The summed E-state index contributed by atoms with van der Waals surface area (Å²) < 4.78 is 9.46. The van der Waals surface area contributed by atoms with Gasteiger partial charge in [0.05, 0.1) is 25.0 Å². The molecule has 1 aliphatic carbocycles. The quantitative estimate of drug-likeness (QED) is 0.710. The van der Waals surface area contributed by atoms with Gasteiger partial charge in [-0.2, -0.15) is 0 Å². The molecule has 3 atom stereocenters. The highest BCUT2D eigenvalue weighted by Crippen LogP contribution is 2.40. The Morgan fingerprint density at radius 3 is 2.11 bits per heavy atom. The smallest absolute Gasteiger partial charge is 0.407 e. The third-order valence-corrected chi connectivity index (χ3v) is 2.46. The van der Waals surface area contributed by atoms with E-state index in [0.29, 0.717) is 0 Å². The largest absolute Gasteiger partial charge is 0.481 e. The first-order chi connectivity index (χ1) is 8.17. The molecule has 18 heavy (non-hydrogen) atoms. The zero-order chi connectivity index (χ0) is 14.1. The van der Waals surface area contributed by atoms with E-state index in [1.165, 1.54) is 7.11 Å². The summed E-state index contributed by atoms with van der Waals surface area (Å²) in [5.41, 5.74) is -0.682. The van der Waals surface area contributed by atoms with Crippen molar-refractivity contribution in [1.82, 2.24) is 5.32 Å². The van der Waals surface area contributed by atoms with Crippen LogP contribution in [0.15, 0.2) is 0 Å². The number of hydrogen-bond acceptors (Lipinski definition) is 5. The highest BCUT2D eigenvalue weighted by Gasteiger charge is 2.61. The lowest BCUT2D eigenvalue weighted by Gasteiger charge is -2.19. The fourth-order valence-corrected chi connectivity index (χ4v) is 1.67. The number of alkyl carbamates (subject to hydrolysis) is 1. The highest BCUT2D eigenvalue weighted by atomic mass is 16.6. The van der Waals surface area contributed by atoms with Crippen LogP contribution in [0.25, 0.3) is 0 Å². The summed E-state index contributed by atoms with van der Waals surface area (Å²) in [6.07, 6.45) is -0.745. The van der Waals surface area contributed by atoms with Crippen LogP contribution in [0.1, 0.15) is 20.8 Å². The Hall–Kier alpha value is -1.79. The zero-order valence-electron chi connectivity index (χ0n) is 10.7. The lowest BCUT2D eigenvalue weighted by atomic mass is 10.2. The highest BCUT2D eigenvalue weighted by molar-refractivity contribution is 5.90. The van der Waals surface area contributed by atoms with Crippen molar-refractivity contribution in [3.8, 4) is 0 Å². The van der Waals surface area contributed by atoms with E-state index in [-0.39, 0.29) is 0 Å². The molecule has 1 rings (SSSR count). The molecule has 0 aromatic carbocycles. The monoisotopic (exact) mass is 259 g/mol. The summed E-state index contributed by atoms with van der Waals surface area (Å²) >= 11 is 0. The third kappa shape index (κ3) is 3.35. The van der Waals surface area contributed by atoms with Gasteiger partial charge in [0.2, 0.25) is 0 Å². The molecule has 0 spiro atoms. The number of hydrogen-bond donors (Lipinski definition) is 2. The second-order valence-electron chi connectivity index (χ2n) is 5.08. The first kappa shape index (κ1) is 14.3. The third-order valence-electron chi connectivity index (χ3n) is 2.46. The van der Waals surface area contributed by atoms with E-state index in [9.17, 15) is 14.4 Å². The topological polar surface area (TPSA) is 102 Å².